The number of hydrogen-bond donors (Lipinski definition) is 1. The summed E-state index contributed by atoms with van der Waals surface area (Å²) < 4.78 is 5.21. The van der Waals surface area contributed by atoms with E-state index in [1.807, 2.05) is 12.1 Å². The molecule has 0 bridgehead atoms. The van der Waals surface area contributed by atoms with Crippen LogP contribution in [0.5, 0.6) is 5.75 Å². The first-order valence-electron chi connectivity index (χ1n) is 6.68. The van der Waals surface area contributed by atoms with Crippen molar-refractivity contribution in [2.45, 2.75) is 26.3 Å². The van der Waals surface area contributed by atoms with Gasteiger partial charge in [-0.1, -0.05) is 24.3 Å². The fourth-order valence-electron chi connectivity index (χ4n) is 2.80. The predicted octanol–water partition coefficient (Wildman–Crippen LogP) is 4.02. The zero-order chi connectivity index (χ0) is 13.4. The second kappa shape index (κ2) is 4.61. The van der Waals surface area contributed by atoms with E-state index in [0.29, 0.717) is 6.04 Å². The van der Waals surface area contributed by atoms with Crippen molar-refractivity contribution in [1.29, 1.82) is 0 Å². The van der Waals surface area contributed by atoms with Gasteiger partial charge in [-0.05, 0) is 54.7 Å². The number of anilines is 1. The summed E-state index contributed by atoms with van der Waals surface area (Å²) in [6, 6.07) is 13.1. The molecule has 2 aromatic carbocycles. The SMILES string of the molecule is COc1ccc(C2Cc3c(C)ccc(C)c3N2)cc1. The average Bonchev–Trinajstić information content (AvgIpc) is 2.89. The van der Waals surface area contributed by atoms with E-state index in [9.17, 15) is 0 Å². The molecule has 0 aromatic heterocycles. The molecular formula is C17H19NO. The molecular weight excluding hydrogens is 234 g/mol. The van der Waals surface area contributed by atoms with Crippen molar-refractivity contribution in [3.63, 3.8) is 0 Å². The number of nitrogens with one attached hydrogen (secondary N) is 1. The number of rotatable bonds is 2. The second-order valence-corrected chi connectivity index (χ2v) is 5.23. The van der Waals surface area contributed by atoms with Gasteiger partial charge < -0.3 is 10.1 Å². The smallest absolute Gasteiger partial charge is 0.118 e. The van der Waals surface area contributed by atoms with Gasteiger partial charge in [0.05, 0.1) is 13.2 Å². The normalized spacial score (nSPS) is 16.9. The van der Waals surface area contributed by atoms with E-state index in [0.717, 1.165) is 12.2 Å². The third-order valence-electron chi connectivity index (χ3n) is 4.00. The van der Waals surface area contributed by atoms with E-state index in [-0.39, 0.29) is 0 Å². The first-order chi connectivity index (χ1) is 9.19. The molecule has 0 fully saturated rings. The van der Waals surface area contributed by atoms with Crippen LogP contribution >= 0.6 is 0 Å². The first kappa shape index (κ1) is 12.1. The Labute approximate surface area is 114 Å². The van der Waals surface area contributed by atoms with Gasteiger partial charge >= 0.3 is 0 Å². The maximum absolute atomic E-state index is 5.21. The van der Waals surface area contributed by atoms with Crippen molar-refractivity contribution in [3.05, 3.63) is 58.7 Å². The van der Waals surface area contributed by atoms with Crippen LogP contribution in [-0.4, -0.2) is 7.11 Å². The molecule has 1 aliphatic rings. The highest BCUT2D eigenvalue weighted by atomic mass is 16.5. The summed E-state index contributed by atoms with van der Waals surface area (Å²) in [5.74, 6) is 0.909. The highest BCUT2D eigenvalue weighted by Crippen LogP contribution is 2.38. The summed E-state index contributed by atoms with van der Waals surface area (Å²) in [4.78, 5) is 0. The molecule has 19 heavy (non-hydrogen) atoms. The Morgan fingerprint density at radius 2 is 1.68 bits per heavy atom. The first-order valence-corrected chi connectivity index (χ1v) is 6.68. The Morgan fingerprint density at radius 3 is 2.32 bits per heavy atom. The molecule has 1 heterocycles. The van der Waals surface area contributed by atoms with Crippen LogP contribution < -0.4 is 10.1 Å². The van der Waals surface area contributed by atoms with E-state index in [1.54, 1.807) is 7.11 Å². The van der Waals surface area contributed by atoms with Gasteiger partial charge in [0.15, 0.2) is 0 Å². The summed E-state index contributed by atoms with van der Waals surface area (Å²) in [5.41, 5.74) is 6.80. The van der Waals surface area contributed by atoms with Crippen molar-refractivity contribution < 1.29 is 4.74 Å². The molecule has 2 aromatic rings. The Bertz CT molecular complexity index is 570. The van der Waals surface area contributed by atoms with Gasteiger partial charge in [0.1, 0.15) is 5.75 Å². The number of ether oxygens (including phenoxy) is 1. The van der Waals surface area contributed by atoms with Gasteiger partial charge in [-0.2, -0.15) is 0 Å². The summed E-state index contributed by atoms with van der Waals surface area (Å²) in [6.45, 7) is 4.36. The van der Waals surface area contributed by atoms with Crippen molar-refractivity contribution in [2.75, 3.05) is 12.4 Å². The molecule has 1 aliphatic heterocycles. The highest BCUT2D eigenvalue weighted by molar-refractivity contribution is 5.65. The van der Waals surface area contributed by atoms with Crippen LogP contribution in [0, 0.1) is 13.8 Å². The lowest BCUT2D eigenvalue weighted by molar-refractivity contribution is 0.414. The summed E-state index contributed by atoms with van der Waals surface area (Å²) in [6.07, 6.45) is 1.06. The Balaban J connectivity index is 1.90. The average molecular weight is 253 g/mol. The van der Waals surface area contributed by atoms with Crippen LogP contribution in [0.3, 0.4) is 0 Å². The van der Waals surface area contributed by atoms with E-state index in [2.05, 4.69) is 43.4 Å². The Kier molecular flexibility index (Phi) is 2.94. The topological polar surface area (TPSA) is 21.3 Å². The molecule has 98 valence electrons. The predicted molar refractivity (Wildman–Crippen MR) is 79.0 cm³/mol. The van der Waals surface area contributed by atoms with Gasteiger partial charge in [0, 0.05) is 5.69 Å². The maximum Gasteiger partial charge on any atom is 0.118 e. The molecule has 1 unspecified atom stereocenters. The zero-order valence-electron chi connectivity index (χ0n) is 11.7. The molecule has 0 aliphatic carbocycles. The number of methoxy groups -OCH3 is 1. The Hall–Kier alpha value is -1.96. The maximum atomic E-state index is 5.21. The number of hydrogen-bond acceptors (Lipinski definition) is 2. The van der Waals surface area contributed by atoms with Crippen LogP contribution in [0.4, 0.5) is 5.69 Å². The number of benzene rings is 2. The van der Waals surface area contributed by atoms with Crippen molar-refractivity contribution >= 4 is 5.69 Å². The quantitative estimate of drug-likeness (QED) is 0.872. The monoisotopic (exact) mass is 253 g/mol. The van der Waals surface area contributed by atoms with Crippen LogP contribution in [0.1, 0.15) is 28.3 Å². The van der Waals surface area contributed by atoms with E-state index >= 15 is 0 Å². The Morgan fingerprint density at radius 1 is 1.00 bits per heavy atom. The van der Waals surface area contributed by atoms with Crippen molar-refractivity contribution in [1.82, 2.24) is 0 Å². The largest absolute Gasteiger partial charge is 0.497 e. The molecule has 0 saturated heterocycles. The molecule has 2 heteroatoms. The highest BCUT2D eigenvalue weighted by Gasteiger charge is 2.24. The van der Waals surface area contributed by atoms with Crippen LogP contribution in [0.15, 0.2) is 36.4 Å². The third-order valence-corrected chi connectivity index (χ3v) is 4.00. The number of aryl methyl sites for hydroxylation is 2. The van der Waals surface area contributed by atoms with E-state index < -0.39 is 0 Å². The minimum absolute atomic E-state index is 0.376. The molecule has 3 rings (SSSR count). The van der Waals surface area contributed by atoms with E-state index in [4.69, 9.17) is 4.74 Å². The molecule has 0 radical (unpaired) electrons. The van der Waals surface area contributed by atoms with Gasteiger partial charge in [-0.15, -0.1) is 0 Å². The van der Waals surface area contributed by atoms with Crippen LogP contribution in [0.25, 0.3) is 0 Å². The van der Waals surface area contributed by atoms with Crippen LogP contribution in [-0.2, 0) is 6.42 Å². The van der Waals surface area contributed by atoms with E-state index in [1.165, 1.54) is 27.9 Å². The molecule has 0 spiro atoms. The fourth-order valence-corrected chi connectivity index (χ4v) is 2.80. The van der Waals surface area contributed by atoms with Crippen LogP contribution in [0.2, 0.25) is 0 Å². The van der Waals surface area contributed by atoms with Gasteiger partial charge in [0.2, 0.25) is 0 Å². The summed E-state index contributed by atoms with van der Waals surface area (Å²) in [5, 5.41) is 3.66. The molecule has 0 saturated carbocycles. The fraction of sp³-hybridized carbons (Fsp3) is 0.294. The van der Waals surface area contributed by atoms with Gasteiger partial charge in [-0.25, -0.2) is 0 Å². The molecule has 2 nitrogen and oxygen atoms in total. The summed E-state index contributed by atoms with van der Waals surface area (Å²) in [7, 11) is 1.70. The lowest BCUT2D eigenvalue weighted by Gasteiger charge is -2.13. The zero-order valence-corrected chi connectivity index (χ0v) is 11.7. The van der Waals surface area contributed by atoms with Crippen molar-refractivity contribution in [2.24, 2.45) is 0 Å². The van der Waals surface area contributed by atoms with Crippen molar-refractivity contribution in [3.8, 4) is 5.75 Å². The minimum Gasteiger partial charge on any atom is -0.497 e. The second-order valence-electron chi connectivity index (χ2n) is 5.23. The molecule has 1 atom stereocenters. The van der Waals surface area contributed by atoms with Gasteiger partial charge in [0.25, 0.3) is 0 Å². The minimum atomic E-state index is 0.376. The molecule has 1 N–H and O–H groups in total. The lowest BCUT2D eigenvalue weighted by atomic mass is 9.98. The molecule has 0 amide bonds. The third kappa shape index (κ3) is 2.07. The lowest BCUT2D eigenvalue weighted by Crippen LogP contribution is -2.05. The number of fused-ring (bicyclic) bond motifs is 1. The standard InChI is InChI=1S/C17H19NO/c1-11-4-5-12(2)17-15(11)10-16(18-17)13-6-8-14(19-3)9-7-13/h4-9,16,18H,10H2,1-3H3. The summed E-state index contributed by atoms with van der Waals surface area (Å²) >= 11 is 0. The van der Waals surface area contributed by atoms with Gasteiger partial charge in [-0.3, -0.25) is 0 Å².